The Balaban J connectivity index is 1.33. The van der Waals surface area contributed by atoms with E-state index in [1.165, 1.54) is 23.1 Å². The van der Waals surface area contributed by atoms with E-state index in [9.17, 15) is 9.59 Å². The van der Waals surface area contributed by atoms with Crippen molar-refractivity contribution in [2.24, 2.45) is 5.10 Å². The first kappa shape index (κ1) is 22.2. The van der Waals surface area contributed by atoms with Crippen molar-refractivity contribution in [1.82, 2.24) is 10.4 Å². The molecule has 4 aromatic rings. The van der Waals surface area contributed by atoms with Gasteiger partial charge in [0, 0.05) is 15.9 Å². The minimum atomic E-state index is -0.203. The van der Waals surface area contributed by atoms with Crippen LogP contribution >= 0.6 is 34.4 Å². The van der Waals surface area contributed by atoms with Crippen molar-refractivity contribution in [2.75, 3.05) is 11.1 Å². The molecular weight excluding hydrogens is 460 g/mol. The van der Waals surface area contributed by atoms with Gasteiger partial charge in [0.1, 0.15) is 0 Å². The van der Waals surface area contributed by atoms with Gasteiger partial charge in [-0.3, -0.25) is 9.59 Å². The third-order valence-corrected chi connectivity index (χ3v) is 7.52. The number of thioether (sulfide) groups is 1. The number of thiophene rings is 1. The van der Waals surface area contributed by atoms with Crippen molar-refractivity contribution < 1.29 is 9.59 Å². The van der Waals surface area contributed by atoms with Crippen molar-refractivity contribution in [3.63, 3.8) is 0 Å². The lowest BCUT2D eigenvalue weighted by Crippen LogP contribution is -2.21. The zero-order chi connectivity index (χ0) is 22.5. The highest BCUT2D eigenvalue weighted by Gasteiger charge is 2.10. The molecule has 0 aliphatic carbocycles. The molecule has 0 spiro atoms. The molecule has 4 rings (SSSR count). The van der Waals surface area contributed by atoms with Gasteiger partial charge in [-0.1, -0.05) is 36.0 Å². The zero-order valence-electron chi connectivity index (χ0n) is 17.4. The van der Waals surface area contributed by atoms with E-state index in [-0.39, 0.29) is 17.6 Å². The first-order chi connectivity index (χ1) is 15.5. The van der Waals surface area contributed by atoms with Crippen LogP contribution in [-0.4, -0.2) is 28.3 Å². The number of nitrogens with one attached hydrogen (secondary N) is 2. The van der Waals surface area contributed by atoms with Gasteiger partial charge in [-0.05, 0) is 49.7 Å². The van der Waals surface area contributed by atoms with E-state index >= 15 is 0 Å². The van der Waals surface area contributed by atoms with E-state index in [2.05, 4.69) is 20.8 Å². The summed E-state index contributed by atoms with van der Waals surface area (Å²) in [5.74, 6) is -0.126. The number of carbonyl (C=O) groups is 2. The largest absolute Gasteiger partial charge is 0.322 e. The second-order valence-corrected chi connectivity index (χ2v) is 10.3. The van der Waals surface area contributed by atoms with Crippen LogP contribution in [0.15, 0.2) is 69.4 Å². The fraction of sp³-hybridized carbons (Fsp3) is 0.130. The number of fused-ring (bicyclic) bond motifs is 1. The average molecular weight is 481 g/mol. The van der Waals surface area contributed by atoms with Gasteiger partial charge >= 0.3 is 0 Å². The monoisotopic (exact) mass is 480 g/mol. The summed E-state index contributed by atoms with van der Waals surface area (Å²) in [5.41, 5.74) is 6.30. The molecule has 0 radical (unpaired) electrons. The minimum Gasteiger partial charge on any atom is -0.322 e. The van der Waals surface area contributed by atoms with Crippen LogP contribution in [0.3, 0.4) is 0 Å². The molecule has 2 heterocycles. The quantitative estimate of drug-likeness (QED) is 0.206. The number of benzene rings is 2. The van der Waals surface area contributed by atoms with Crippen LogP contribution in [0.2, 0.25) is 0 Å². The molecule has 2 aromatic heterocycles. The summed E-state index contributed by atoms with van der Waals surface area (Å²) in [6, 6.07) is 17.1. The number of aromatic nitrogens is 1. The Morgan fingerprint density at radius 2 is 1.94 bits per heavy atom. The number of aryl methyl sites for hydroxylation is 1. The van der Waals surface area contributed by atoms with Gasteiger partial charge in [-0.2, -0.15) is 5.10 Å². The second kappa shape index (κ2) is 10.1. The van der Waals surface area contributed by atoms with Crippen LogP contribution in [0.1, 0.15) is 27.7 Å². The number of anilines is 1. The molecule has 6 nitrogen and oxygen atoms in total. The topological polar surface area (TPSA) is 83.4 Å². The number of hydrogen-bond donors (Lipinski definition) is 2. The van der Waals surface area contributed by atoms with Gasteiger partial charge in [0.25, 0.3) is 11.8 Å². The normalized spacial score (nSPS) is 11.5. The van der Waals surface area contributed by atoms with E-state index in [0.717, 1.165) is 25.0 Å². The Labute approximate surface area is 197 Å². The lowest BCUT2D eigenvalue weighted by molar-refractivity contribution is -0.118. The number of hydrogen-bond acceptors (Lipinski definition) is 7. The molecule has 9 heteroatoms. The average Bonchev–Trinajstić information content (AvgIpc) is 3.42. The van der Waals surface area contributed by atoms with E-state index in [4.69, 9.17) is 0 Å². The predicted octanol–water partition coefficient (Wildman–Crippen LogP) is 5.55. The fourth-order valence-electron chi connectivity index (χ4n) is 2.87. The molecule has 162 valence electrons. The van der Waals surface area contributed by atoms with Crippen LogP contribution in [0.5, 0.6) is 0 Å². The maximum Gasteiger partial charge on any atom is 0.256 e. The third kappa shape index (κ3) is 5.61. The highest BCUT2D eigenvalue weighted by Crippen LogP contribution is 2.29. The Morgan fingerprint density at radius 3 is 2.72 bits per heavy atom. The van der Waals surface area contributed by atoms with Gasteiger partial charge in [0.2, 0.25) is 0 Å². The van der Waals surface area contributed by atoms with Crippen molar-refractivity contribution in [2.45, 2.75) is 18.2 Å². The number of nitrogens with zero attached hydrogens (tertiary/aromatic N) is 2. The van der Waals surface area contributed by atoms with E-state index < -0.39 is 0 Å². The Bertz CT molecular complexity index is 1280. The summed E-state index contributed by atoms with van der Waals surface area (Å²) >= 11 is 4.50. The lowest BCUT2D eigenvalue weighted by atomic mass is 10.1. The molecule has 2 amide bonds. The van der Waals surface area contributed by atoms with Crippen LogP contribution < -0.4 is 10.7 Å². The summed E-state index contributed by atoms with van der Waals surface area (Å²) < 4.78 is 1.96. The van der Waals surface area contributed by atoms with Gasteiger partial charge in [0.15, 0.2) is 4.34 Å². The molecule has 2 aromatic carbocycles. The van der Waals surface area contributed by atoms with Crippen LogP contribution in [0.4, 0.5) is 5.69 Å². The molecule has 0 fully saturated rings. The number of hydrazone groups is 1. The standard InChI is InChI=1S/C23H20N4O2S3/c1-14-10-17(12-30-14)22(29)24-18-7-5-6-16(11-18)15(2)26-27-21(28)13-31-23-25-19-8-3-4-9-20(19)32-23/h3-12H,13H2,1-2H3,(H,24,29)(H,27,28). The van der Waals surface area contributed by atoms with Crippen molar-refractivity contribution in [1.29, 1.82) is 0 Å². The molecular formula is C23H20N4O2S3. The summed E-state index contributed by atoms with van der Waals surface area (Å²) in [5, 5.41) is 8.94. The van der Waals surface area contributed by atoms with Gasteiger partial charge < -0.3 is 5.32 Å². The minimum absolute atomic E-state index is 0.152. The third-order valence-electron chi connectivity index (χ3n) is 4.48. The summed E-state index contributed by atoms with van der Waals surface area (Å²) in [6.45, 7) is 3.78. The van der Waals surface area contributed by atoms with Crippen LogP contribution in [0.25, 0.3) is 10.2 Å². The summed E-state index contributed by atoms with van der Waals surface area (Å²) in [6.07, 6.45) is 0. The predicted molar refractivity (Wildman–Crippen MR) is 134 cm³/mol. The Morgan fingerprint density at radius 1 is 1.09 bits per heavy atom. The van der Waals surface area contributed by atoms with Gasteiger partial charge in [0.05, 0.1) is 27.2 Å². The second-order valence-electron chi connectivity index (χ2n) is 6.95. The highest BCUT2D eigenvalue weighted by atomic mass is 32.2. The van der Waals surface area contributed by atoms with Gasteiger partial charge in [-0.15, -0.1) is 22.7 Å². The molecule has 0 bridgehead atoms. The number of thiazole rings is 1. The molecule has 2 N–H and O–H groups in total. The maximum atomic E-state index is 12.4. The molecule has 0 saturated carbocycles. The summed E-state index contributed by atoms with van der Waals surface area (Å²) in [4.78, 5) is 30.2. The first-order valence-corrected chi connectivity index (χ1v) is 12.4. The van der Waals surface area contributed by atoms with Crippen LogP contribution in [0, 0.1) is 6.92 Å². The molecule has 0 aliphatic rings. The molecule has 0 unspecified atom stereocenters. The van der Waals surface area contributed by atoms with E-state index in [1.54, 1.807) is 11.3 Å². The number of rotatable bonds is 7. The fourth-order valence-corrected chi connectivity index (χ4v) is 5.41. The zero-order valence-corrected chi connectivity index (χ0v) is 19.9. The van der Waals surface area contributed by atoms with Crippen molar-refractivity contribution in [3.8, 4) is 0 Å². The summed E-state index contributed by atoms with van der Waals surface area (Å²) in [7, 11) is 0. The molecule has 0 atom stereocenters. The first-order valence-electron chi connectivity index (χ1n) is 9.76. The van der Waals surface area contributed by atoms with Crippen LogP contribution in [-0.2, 0) is 4.79 Å². The molecule has 0 aliphatic heterocycles. The lowest BCUT2D eigenvalue weighted by Gasteiger charge is -2.07. The van der Waals surface area contributed by atoms with Crippen molar-refractivity contribution >= 4 is 67.9 Å². The van der Waals surface area contributed by atoms with E-state index in [0.29, 0.717) is 17.0 Å². The molecule has 32 heavy (non-hydrogen) atoms. The van der Waals surface area contributed by atoms with E-state index in [1.807, 2.05) is 73.8 Å². The Kier molecular flexibility index (Phi) is 6.99. The Hall–Kier alpha value is -3.01. The number of carbonyl (C=O) groups excluding carboxylic acids is 2. The number of para-hydroxylation sites is 1. The number of amides is 2. The smallest absolute Gasteiger partial charge is 0.256 e. The highest BCUT2D eigenvalue weighted by molar-refractivity contribution is 8.01. The molecule has 0 saturated heterocycles. The SMILES string of the molecule is CC(=NNC(=O)CSc1nc2ccccc2s1)c1cccc(NC(=O)c2csc(C)c2)c1. The van der Waals surface area contributed by atoms with Gasteiger partial charge in [-0.25, -0.2) is 10.4 Å². The van der Waals surface area contributed by atoms with Crippen molar-refractivity contribution in [3.05, 3.63) is 76.0 Å². The maximum absolute atomic E-state index is 12.4.